The number of nitrogens with one attached hydrogen (secondary N) is 1. The van der Waals surface area contributed by atoms with Crippen molar-refractivity contribution in [3.05, 3.63) is 66.0 Å². The number of amides is 2. The van der Waals surface area contributed by atoms with Gasteiger partial charge in [-0.1, -0.05) is 6.07 Å². The molecule has 9 nitrogen and oxygen atoms in total. The second-order valence-corrected chi connectivity index (χ2v) is 9.80. The average molecular weight is 503 g/mol. The number of morpholine rings is 1. The van der Waals surface area contributed by atoms with E-state index in [1.165, 1.54) is 12.1 Å². The molecule has 0 aliphatic carbocycles. The second-order valence-electron chi connectivity index (χ2n) is 9.80. The van der Waals surface area contributed by atoms with Crippen LogP contribution in [0.5, 0.6) is 0 Å². The fourth-order valence-corrected chi connectivity index (χ4v) is 5.12. The van der Waals surface area contributed by atoms with E-state index in [2.05, 4.69) is 10.3 Å². The smallest absolute Gasteiger partial charge is 0.255 e. The van der Waals surface area contributed by atoms with Crippen LogP contribution in [0.15, 0.2) is 48.8 Å². The molecule has 0 saturated carbocycles. The van der Waals surface area contributed by atoms with Gasteiger partial charge in [0.15, 0.2) is 0 Å². The molecular formula is C27H27FN6O3. The summed E-state index contributed by atoms with van der Waals surface area (Å²) in [4.78, 5) is 42.6. The number of piperidine rings is 1. The van der Waals surface area contributed by atoms with E-state index in [0.29, 0.717) is 53.8 Å². The molecule has 3 aliphatic rings. The van der Waals surface area contributed by atoms with Crippen LogP contribution < -0.4 is 5.32 Å². The highest BCUT2D eigenvalue weighted by atomic mass is 19.1. The van der Waals surface area contributed by atoms with Gasteiger partial charge >= 0.3 is 0 Å². The van der Waals surface area contributed by atoms with Crippen molar-refractivity contribution in [1.82, 2.24) is 24.8 Å². The summed E-state index contributed by atoms with van der Waals surface area (Å²) in [6.45, 7) is 4.00. The Hall–Kier alpha value is -3.92. The number of rotatable bonds is 5. The zero-order chi connectivity index (χ0) is 25.5. The van der Waals surface area contributed by atoms with E-state index in [1.54, 1.807) is 43.6 Å². The van der Waals surface area contributed by atoms with Crippen LogP contribution in [0.1, 0.15) is 41.9 Å². The van der Waals surface area contributed by atoms with Crippen molar-refractivity contribution < 1.29 is 18.7 Å². The molecule has 2 amide bonds. The van der Waals surface area contributed by atoms with Gasteiger partial charge in [0.25, 0.3) is 5.91 Å². The van der Waals surface area contributed by atoms with Gasteiger partial charge < -0.3 is 19.9 Å². The maximum absolute atomic E-state index is 13.8. The Morgan fingerprint density at radius 3 is 2.76 bits per heavy atom. The minimum atomic E-state index is -0.357. The Balaban J connectivity index is 1.34. The van der Waals surface area contributed by atoms with Crippen LogP contribution >= 0.6 is 0 Å². The topological polar surface area (TPSA) is 101 Å². The first kappa shape index (κ1) is 23.5. The normalized spacial score (nSPS) is 22.5. The van der Waals surface area contributed by atoms with Gasteiger partial charge in [0.05, 0.1) is 30.0 Å². The summed E-state index contributed by atoms with van der Waals surface area (Å²) in [6, 6.07) is 9.87. The number of benzene rings is 1. The van der Waals surface area contributed by atoms with Crippen molar-refractivity contribution in [3.63, 3.8) is 0 Å². The molecule has 190 valence electrons. The first-order chi connectivity index (χ1) is 17.9. The fourth-order valence-electron chi connectivity index (χ4n) is 5.12. The van der Waals surface area contributed by atoms with E-state index in [-0.39, 0.29) is 35.7 Å². The molecule has 37 heavy (non-hydrogen) atoms. The molecule has 3 fully saturated rings. The van der Waals surface area contributed by atoms with Crippen molar-refractivity contribution in [2.75, 3.05) is 31.6 Å². The number of halogens is 1. The highest BCUT2D eigenvalue weighted by Crippen LogP contribution is 2.33. The zero-order valence-corrected chi connectivity index (χ0v) is 20.4. The number of hydrogen-bond acceptors (Lipinski definition) is 7. The molecule has 10 heteroatoms. The summed E-state index contributed by atoms with van der Waals surface area (Å²) in [5.74, 6) is 0.648. The van der Waals surface area contributed by atoms with Gasteiger partial charge in [-0.3, -0.25) is 14.6 Å². The van der Waals surface area contributed by atoms with E-state index >= 15 is 0 Å². The van der Waals surface area contributed by atoms with Crippen molar-refractivity contribution in [1.29, 1.82) is 0 Å². The number of anilines is 2. The summed E-state index contributed by atoms with van der Waals surface area (Å²) in [5, 5.41) is 3.18. The molecule has 3 aliphatic heterocycles. The maximum atomic E-state index is 13.8. The average Bonchev–Trinajstić information content (AvgIpc) is 2.90. The van der Waals surface area contributed by atoms with E-state index in [9.17, 15) is 14.0 Å². The van der Waals surface area contributed by atoms with Crippen LogP contribution in [0.2, 0.25) is 0 Å². The van der Waals surface area contributed by atoms with Gasteiger partial charge in [-0.05, 0) is 37.1 Å². The molecule has 0 bridgehead atoms. The summed E-state index contributed by atoms with van der Waals surface area (Å²) in [6.07, 6.45) is 5.11. The molecule has 2 unspecified atom stereocenters. The van der Waals surface area contributed by atoms with Gasteiger partial charge in [-0.2, -0.15) is 0 Å². The first-order valence-electron chi connectivity index (χ1n) is 12.5. The summed E-state index contributed by atoms with van der Waals surface area (Å²) in [7, 11) is 0. The van der Waals surface area contributed by atoms with Gasteiger partial charge in [-0.25, -0.2) is 14.4 Å². The number of carbonyl (C=O) groups excluding carboxylic acids is 2. The number of likely N-dealkylation sites (tertiary alicyclic amines) is 2. The zero-order valence-electron chi connectivity index (χ0n) is 20.4. The molecular weight excluding hydrogens is 475 g/mol. The van der Waals surface area contributed by atoms with Gasteiger partial charge in [0.2, 0.25) is 5.91 Å². The number of fused-ring (bicyclic) bond motifs is 1. The molecule has 5 heterocycles. The largest absolute Gasteiger partial charge is 0.372 e. The number of aromatic nitrogens is 3. The van der Waals surface area contributed by atoms with E-state index in [1.807, 2.05) is 9.80 Å². The Kier molecular flexibility index (Phi) is 6.03. The molecule has 1 N–H and O–H groups in total. The Morgan fingerprint density at radius 1 is 1.14 bits per heavy atom. The third-order valence-corrected chi connectivity index (χ3v) is 7.30. The number of ether oxygens (including phenoxy) is 1. The second kappa shape index (κ2) is 9.51. The maximum Gasteiger partial charge on any atom is 0.255 e. The van der Waals surface area contributed by atoms with Crippen LogP contribution in [-0.2, 0) is 9.53 Å². The monoisotopic (exact) mass is 502 g/mol. The van der Waals surface area contributed by atoms with E-state index in [4.69, 9.17) is 14.7 Å². The van der Waals surface area contributed by atoms with Gasteiger partial charge in [0, 0.05) is 62.2 Å². The SMILES string of the molecule is CC(=O)N1CCCC(c2nc(Nc3cccc(F)c3)cc(-c3cncc(C(=O)N4C[C@H]5OCC54)c3)n2)C1. The molecule has 3 atom stereocenters. The molecule has 0 radical (unpaired) electrons. The third kappa shape index (κ3) is 4.64. The minimum Gasteiger partial charge on any atom is -0.372 e. The lowest BCUT2D eigenvalue weighted by molar-refractivity contribution is -0.195. The lowest BCUT2D eigenvalue weighted by Gasteiger charge is -2.54. The van der Waals surface area contributed by atoms with Crippen LogP contribution in [0.3, 0.4) is 0 Å². The number of nitrogens with zero attached hydrogens (tertiary/aromatic N) is 5. The van der Waals surface area contributed by atoms with Gasteiger partial charge in [0.1, 0.15) is 17.5 Å². The third-order valence-electron chi connectivity index (χ3n) is 7.30. The van der Waals surface area contributed by atoms with Crippen LogP contribution in [0.4, 0.5) is 15.9 Å². The lowest BCUT2D eigenvalue weighted by atomic mass is 9.93. The minimum absolute atomic E-state index is 0.0273. The van der Waals surface area contributed by atoms with Crippen LogP contribution in [0, 0.1) is 5.82 Å². The number of hydrogen-bond donors (Lipinski definition) is 1. The quantitative estimate of drug-likeness (QED) is 0.571. The van der Waals surface area contributed by atoms with E-state index in [0.717, 1.165) is 19.4 Å². The van der Waals surface area contributed by atoms with Crippen molar-refractivity contribution in [2.24, 2.45) is 0 Å². The predicted molar refractivity (Wildman–Crippen MR) is 134 cm³/mol. The molecule has 1 aromatic carbocycles. The molecule has 0 spiro atoms. The molecule has 2 aromatic heterocycles. The summed E-state index contributed by atoms with van der Waals surface area (Å²) < 4.78 is 19.2. The molecule has 3 saturated heterocycles. The highest BCUT2D eigenvalue weighted by Gasteiger charge is 2.49. The lowest BCUT2D eigenvalue weighted by Crippen LogP contribution is -2.71. The summed E-state index contributed by atoms with van der Waals surface area (Å²) in [5.41, 5.74) is 2.32. The van der Waals surface area contributed by atoms with Crippen LogP contribution in [-0.4, -0.2) is 75.0 Å². The highest BCUT2D eigenvalue weighted by molar-refractivity contribution is 5.96. The summed E-state index contributed by atoms with van der Waals surface area (Å²) >= 11 is 0. The van der Waals surface area contributed by atoms with Crippen LogP contribution in [0.25, 0.3) is 11.3 Å². The molecule has 3 aromatic rings. The van der Waals surface area contributed by atoms with Crippen molar-refractivity contribution in [3.8, 4) is 11.3 Å². The standard InChI is InChI=1S/C27H27FN6O3/c1-16(35)33-7-3-4-17(13-33)26-31-22(10-25(32-26)30-21-6-2-5-20(28)9-21)18-8-19(12-29-11-18)27(36)34-14-24-23(34)15-37-24/h2,5-6,8-12,17,23-24H,3-4,7,13-15H2,1H3,(H,30,31,32)/t17?,23?,24-/m1/s1. The molecule has 6 rings (SSSR count). The number of pyridine rings is 1. The first-order valence-corrected chi connectivity index (χ1v) is 12.5. The predicted octanol–water partition coefficient (Wildman–Crippen LogP) is 3.37. The Bertz CT molecular complexity index is 1370. The fraction of sp³-hybridized carbons (Fsp3) is 0.370. The Morgan fingerprint density at radius 2 is 2.03 bits per heavy atom. The van der Waals surface area contributed by atoms with Gasteiger partial charge in [-0.15, -0.1) is 0 Å². The Labute approximate surface area is 213 Å². The van der Waals surface area contributed by atoms with Crippen molar-refractivity contribution >= 4 is 23.3 Å². The number of carbonyl (C=O) groups is 2. The van der Waals surface area contributed by atoms with Crippen molar-refractivity contribution in [2.45, 2.75) is 37.8 Å². The van der Waals surface area contributed by atoms with E-state index < -0.39 is 0 Å².